The summed E-state index contributed by atoms with van der Waals surface area (Å²) >= 11 is 2.15. The van der Waals surface area contributed by atoms with Crippen LogP contribution in [-0.2, 0) is 0 Å². The summed E-state index contributed by atoms with van der Waals surface area (Å²) < 4.78 is 1.04. The maximum Gasteiger partial charge on any atom is 0.271 e. The first kappa shape index (κ1) is 14.3. The number of amides is 1. The lowest BCUT2D eigenvalue weighted by Gasteiger charge is -2.01. The van der Waals surface area contributed by atoms with Gasteiger partial charge >= 0.3 is 0 Å². The molecule has 102 valence electrons. The molecule has 0 atom stereocenters. The number of halogens is 1. The van der Waals surface area contributed by atoms with Crippen molar-refractivity contribution in [3.05, 3.63) is 57.2 Å². The zero-order valence-corrected chi connectivity index (χ0v) is 12.4. The average molecular weight is 382 g/mol. The number of carbonyl (C=O) groups is 1. The van der Waals surface area contributed by atoms with Crippen LogP contribution in [-0.4, -0.2) is 22.3 Å². The Hall–Kier alpha value is -2.09. The summed E-state index contributed by atoms with van der Waals surface area (Å²) in [7, 11) is 0. The van der Waals surface area contributed by atoms with Gasteiger partial charge in [0.2, 0.25) is 0 Å². The predicted octanol–water partition coefficient (Wildman–Crippen LogP) is 2.47. The summed E-state index contributed by atoms with van der Waals surface area (Å²) in [5.41, 5.74) is 3.26. The maximum atomic E-state index is 11.8. The van der Waals surface area contributed by atoms with Gasteiger partial charge < -0.3 is 10.2 Å². The van der Waals surface area contributed by atoms with Crippen molar-refractivity contribution in [2.24, 2.45) is 5.10 Å². The molecule has 0 aliphatic rings. The zero-order chi connectivity index (χ0) is 14.5. The van der Waals surface area contributed by atoms with Gasteiger partial charge in [-0.25, -0.2) is 5.43 Å². The Balaban J connectivity index is 2.02. The number of hydrogen-bond donors (Lipinski definition) is 3. The first-order valence-corrected chi connectivity index (χ1v) is 6.75. The molecule has 2 aromatic rings. The van der Waals surface area contributed by atoms with Gasteiger partial charge in [-0.3, -0.25) is 4.79 Å². The molecule has 2 rings (SSSR count). The molecule has 1 amide bonds. The molecule has 0 spiro atoms. The lowest BCUT2D eigenvalue weighted by molar-refractivity contribution is 0.0955. The van der Waals surface area contributed by atoms with Crippen LogP contribution >= 0.6 is 22.6 Å². The van der Waals surface area contributed by atoms with E-state index in [4.69, 9.17) is 5.11 Å². The lowest BCUT2D eigenvalue weighted by Crippen LogP contribution is -2.17. The Morgan fingerprint density at radius 1 is 1.15 bits per heavy atom. The van der Waals surface area contributed by atoms with Crippen LogP contribution in [0.2, 0.25) is 0 Å². The smallest absolute Gasteiger partial charge is 0.271 e. The van der Waals surface area contributed by atoms with E-state index in [1.165, 1.54) is 24.4 Å². The van der Waals surface area contributed by atoms with Gasteiger partial charge in [0.05, 0.1) is 6.21 Å². The van der Waals surface area contributed by atoms with Crippen molar-refractivity contribution in [1.82, 2.24) is 5.43 Å². The molecule has 0 saturated heterocycles. The van der Waals surface area contributed by atoms with Crippen LogP contribution in [0.4, 0.5) is 0 Å². The Morgan fingerprint density at radius 3 is 2.50 bits per heavy atom. The van der Waals surface area contributed by atoms with E-state index in [-0.39, 0.29) is 17.4 Å². The van der Waals surface area contributed by atoms with Gasteiger partial charge in [-0.1, -0.05) is 0 Å². The van der Waals surface area contributed by atoms with Crippen LogP contribution in [0.15, 0.2) is 47.6 Å². The molecule has 5 nitrogen and oxygen atoms in total. The standard InChI is InChI=1S/C14H11IN2O3/c15-11-4-1-9(2-5-11)14(20)17-16-8-10-3-6-12(18)7-13(10)19/h1-8,18-19H,(H,17,20)/b16-8+. The Kier molecular flexibility index (Phi) is 4.57. The van der Waals surface area contributed by atoms with Gasteiger partial charge in [-0.2, -0.15) is 5.10 Å². The number of aromatic hydroxyl groups is 2. The maximum absolute atomic E-state index is 11.8. The third-order valence-electron chi connectivity index (χ3n) is 2.49. The second-order valence-electron chi connectivity index (χ2n) is 3.95. The van der Waals surface area contributed by atoms with Crippen molar-refractivity contribution in [2.45, 2.75) is 0 Å². The molecule has 0 saturated carbocycles. The van der Waals surface area contributed by atoms with E-state index in [0.717, 1.165) is 3.57 Å². The van der Waals surface area contributed by atoms with E-state index >= 15 is 0 Å². The molecular weight excluding hydrogens is 371 g/mol. The largest absolute Gasteiger partial charge is 0.508 e. The summed E-state index contributed by atoms with van der Waals surface area (Å²) in [6.07, 6.45) is 1.30. The summed E-state index contributed by atoms with van der Waals surface area (Å²) in [6.45, 7) is 0. The van der Waals surface area contributed by atoms with Gasteiger partial charge in [-0.15, -0.1) is 0 Å². The SMILES string of the molecule is O=C(N/N=C/c1ccc(O)cc1O)c1ccc(I)cc1. The van der Waals surface area contributed by atoms with Crippen LogP contribution in [0, 0.1) is 3.57 Å². The van der Waals surface area contributed by atoms with Gasteiger partial charge in [0.25, 0.3) is 5.91 Å². The molecule has 0 radical (unpaired) electrons. The first-order valence-electron chi connectivity index (χ1n) is 5.67. The summed E-state index contributed by atoms with van der Waals surface area (Å²) in [4.78, 5) is 11.8. The number of nitrogens with one attached hydrogen (secondary N) is 1. The predicted molar refractivity (Wildman–Crippen MR) is 84.0 cm³/mol. The minimum atomic E-state index is -0.337. The molecule has 0 aromatic heterocycles. The molecule has 0 unspecified atom stereocenters. The van der Waals surface area contributed by atoms with Crippen molar-refractivity contribution < 1.29 is 15.0 Å². The van der Waals surface area contributed by atoms with Gasteiger partial charge in [0, 0.05) is 20.8 Å². The van der Waals surface area contributed by atoms with Crippen molar-refractivity contribution in [2.75, 3.05) is 0 Å². The number of carbonyl (C=O) groups excluding carboxylic acids is 1. The number of phenols is 2. The van der Waals surface area contributed by atoms with E-state index in [9.17, 15) is 9.90 Å². The Bertz CT molecular complexity index is 654. The highest BCUT2D eigenvalue weighted by molar-refractivity contribution is 14.1. The molecule has 0 heterocycles. The van der Waals surface area contributed by atoms with Gasteiger partial charge in [-0.05, 0) is 59.0 Å². The number of nitrogens with zero attached hydrogens (tertiary/aromatic N) is 1. The zero-order valence-electron chi connectivity index (χ0n) is 10.2. The van der Waals surface area contributed by atoms with E-state index < -0.39 is 0 Å². The Morgan fingerprint density at radius 2 is 1.85 bits per heavy atom. The molecular formula is C14H11IN2O3. The van der Waals surface area contributed by atoms with E-state index in [1.807, 2.05) is 12.1 Å². The molecule has 6 heteroatoms. The molecule has 2 aromatic carbocycles. The fourth-order valence-corrected chi connectivity index (χ4v) is 1.83. The van der Waals surface area contributed by atoms with Crippen LogP contribution in [0.5, 0.6) is 11.5 Å². The number of benzene rings is 2. The quantitative estimate of drug-likeness (QED) is 0.434. The number of phenolic OH excluding ortho intramolecular Hbond substituents is 2. The van der Waals surface area contributed by atoms with Crippen molar-refractivity contribution in [3.8, 4) is 11.5 Å². The number of hydrogen-bond acceptors (Lipinski definition) is 4. The van der Waals surface area contributed by atoms with Crippen molar-refractivity contribution in [3.63, 3.8) is 0 Å². The van der Waals surface area contributed by atoms with E-state index in [2.05, 4.69) is 33.1 Å². The van der Waals surface area contributed by atoms with Gasteiger partial charge in [0.15, 0.2) is 0 Å². The van der Waals surface area contributed by atoms with Crippen LogP contribution < -0.4 is 5.43 Å². The second kappa shape index (κ2) is 6.38. The summed E-state index contributed by atoms with van der Waals surface area (Å²) in [5.74, 6) is -0.490. The highest BCUT2D eigenvalue weighted by atomic mass is 127. The highest BCUT2D eigenvalue weighted by Gasteiger charge is 2.03. The summed E-state index contributed by atoms with van der Waals surface area (Å²) in [5, 5.41) is 22.4. The van der Waals surface area contributed by atoms with E-state index in [1.54, 1.807) is 12.1 Å². The van der Waals surface area contributed by atoms with Crippen LogP contribution in [0.25, 0.3) is 0 Å². The lowest BCUT2D eigenvalue weighted by atomic mass is 10.2. The average Bonchev–Trinajstić information content (AvgIpc) is 2.42. The topological polar surface area (TPSA) is 81.9 Å². The normalized spacial score (nSPS) is 10.7. The third-order valence-corrected chi connectivity index (χ3v) is 3.21. The molecule has 0 aliphatic heterocycles. The van der Waals surface area contributed by atoms with Crippen LogP contribution in [0.1, 0.15) is 15.9 Å². The molecule has 0 aliphatic carbocycles. The second-order valence-corrected chi connectivity index (χ2v) is 5.19. The first-order chi connectivity index (χ1) is 9.56. The molecule has 3 N–H and O–H groups in total. The monoisotopic (exact) mass is 382 g/mol. The third kappa shape index (κ3) is 3.70. The van der Waals surface area contributed by atoms with E-state index in [0.29, 0.717) is 11.1 Å². The van der Waals surface area contributed by atoms with Gasteiger partial charge in [0.1, 0.15) is 11.5 Å². The summed E-state index contributed by atoms with van der Waals surface area (Å²) in [6, 6.07) is 11.2. The Labute approximate surface area is 129 Å². The minimum Gasteiger partial charge on any atom is -0.508 e. The highest BCUT2D eigenvalue weighted by Crippen LogP contribution is 2.20. The minimum absolute atomic E-state index is 0.0393. The fraction of sp³-hybridized carbons (Fsp3) is 0. The van der Waals surface area contributed by atoms with Crippen LogP contribution in [0.3, 0.4) is 0 Å². The molecule has 0 fully saturated rings. The number of hydrazone groups is 1. The van der Waals surface area contributed by atoms with Crippen molar-refractivity contribution in [1.29, 1.82) is 0 Å². The van der Waals surface area contributed by atoms with Crippen molar-refractivity contribution >= 4 is 34.7 Å². The number of rotatable bonds is 3. The fourth-order valence-electron chi connectivity index (χ4n) is 1.47. The molecule has 0 bridgehead atoms. The molecule has 20 heavy (non-hydrogen) atoms.